The topological polar surface area (TPSA) is 102 Å². The zero-order valence-electron chi connectivity index (χ0n) is 19.0. The van der Waals surface area contributed by atoms with Crippen LogP contribution < -0.4 is 10.0 Å². The standard InChI is InChI=1S/C25H25FN2O5S/c1-25(2,3)20-9-5-7-11-22(20)27-23(29)16-33-24(30)19-8-4-6-10-21(19)28-34(31,32)18-14-12-17(26)13-15-18/h4-15,28H,16H2,1-3H3,(H,27,29). The first-order valence-corrected chi connectivity index (χ1v) is 11.9. The van der Waals surface area contributed by atoms with Crippen LogP contribution in [-0.4, -0.2) is 26.9 Å². The molecule has 3 aromatic carbocycles. The van der Waals surface area contributed by atoms with Crippen molar-refractivity contribution < 1.29 is 27.1 Å². The molecule has 0 fully saturated rings. The summed E-state index contributed by atoms with van der Waals surface area (Å²) in [4.78, 5) is 24.9. The van der Waals surface area contributed by atoms with E-state index in [1.54, 1.807) is 12.1 Å². The summed E-state index contributed by atoms with van der Waals surface area (Å²) in [6.07, 6.45) is 0. The maximum Gasteiger partial charge on any atom is 0.340 e. The Morgan fingerprint density at radius 1 is 0.882 bits per heavy atom. The number of ether oxygens (including phenoxy) is 1. The molecule has 0 spiro atoms. The Bertz CT molecular complexity index is 1300. The molecule has 1 amide bonds. The summed E-state index contributed by atoms with van der Waals surface area (Å²) < 4.78 is 45.8. The summed E-state index contributed by atoms with van der Waals surface area (Å²) in [5, 5.41) is 2.74. The first-order chi connectivity index (χ1) is 16.0. The molecule has 0 saturated heterocycles. The number of halogens is 1. The summed E-state index contributed by atoms with van der Waals surface area (Å²) in [6.45, 7) is 5.49. The Morgan fingerprint density at radius 3 is 2.12 bits per heavy atom. The SMILES string of the molecule is CC(C)(C)c1ccccc1NC(=O)COC(=O)c1ccccc1NS(=O)(=O)c1ccc(F)cc1. The van der Waals surface area contributed by atoms with Crippen LogP contribution >= 0.6 is 0 Å². The van der Waals surface area contributed by atoms with E-state index in [0.29, 0.717) is 5.69 Å². The van der Waals surface area contributed by atoms with Crippen molar-refractivity contribution in [3.8, 4) is 0 Å². The van der Waals surface area contributed by atoms with Crippen molar-refractivity contribution in [2.75, 3.05) is 16.6 Å². The lowest BCUT2D eigenvalue weighted by molar-refractivity contribution is -0.119. The molecule has 0 aliphatic rings. The highest BCUT2D eigenvalue weighted by Crippen LogP contribution is 2.29. The second-order valence-electron chi connectivity index (χ2n) is 8.52. The van der Waals surface area contributed by atoms with Crippen molar-refractivity contribution in [2.45, 2.75) is 31.1 Å². The molecular formula is C25H25FN2O5S. The molecule has 0 unspecified atom stereocenters. The number of para-hydroxylation sites is 2. The molecule has 0 saturated carbocycles. The number of benzene rings is 3. The van der Waals surface area contributed by atoms with Crippen LogP contribution in [0, 0.1) is 5.82 Å². The zero-order valence-corrected chi connectivity index (χ0v) is 19.8. The van der Waals surface area contributed by atoms with E-state index in [1.807, 2.05) is 32.9 Å². The molecule has 0 aliphatic carbocycles. The predicted molar refractivity (Wildman–Crippen MR) is 128 cm³/mol. The lowest BCUT2D eigenvalue weighted by Gasteiger charge is -2.23. The number of rotatable bonds is 7. The number of sulfonamides is 1. The van der Waals surface area contributed by atoms with Gasteiger partial charge in [0.25, 0.3) is 15.9 Å². The third-order valence-corrected chi connectivity index (χ3v) is 6.24. The van der Waals surface area contributed by atoms with Crippen LogP contribution in [0.4, 0.5) is 15.8 Å². The fraction of sp³-hybridized carbons (Fsp3) is 0.200. The third-order valence-electron chi connectivity index (χ3n) is 4.86. The molecule has 0 radical (unpaired) electrons. The van der Waals surface area contributed by atoms with Crippen LogP contribution in [0.15, 0.2) is 77.7 Å². The summed E-state index contributed by atoms with van der Waals surface area (Å²) in [5.41, 5.74) is 1.23. The maximum atomic E-state index is 13.1. The first kappa shape index (κ1) is 24.9. The van der Waals surface area contributed by atoms with Crippen molar-refractivity contribution in [3.05, 3.63) is 89.7 Å². The average Bonchev–Trinajstić information content (AvgIpc) is 2.77. The van der Waals surface area contributed by atoms with E-state index in [9.17, 15) is 22.4 Å². The molecule has 178 valence electrons. The molecular weight excluding hydrogens is 459 g/mol. The second-order valence-corrected chi connectivity index (χ2v) is 10.2. The van der Waals surface area contributed by atoms with Crippen LogP contribution in [0.25, 0.3) is 0 Å². The monoisotopic (exact) mass is 484 g/mol. The summed E-state index contributed by atoms with van der Waals surface area (Å²) in [7, 11) is -4.08. The Hall–Kier alpha value is -3.72. The van der Waals surface area contributed by atoms with Crippen molar-refractivity contribution in [1.29, 1.82) is 0 Å². The quantitative estimate of drug-likeness (QED) is 0.473. The summed E-state index contributed by atoms with van der Waals surface area (Å²) in [5.74, 6) is -1.99. The molecule has 3 rings (SSSR count). The first-order valence-electron chi connectivity index (χ1n) is 10.4. The van der Waals surface area contributed by atoms with Crippen LogP contribution in [0.5, 0.6) is 0 Å². The normalized spacial score (nSPS) is 11.5. The Morgan fingerprint density at radius 2 is 1.47 bits per heavy atom. The van der Waals surface area contributed by atoms with E-state index in [2.05, 4.69) is 10.0 Å². The molecule has 0 bridgehead atoms. The smallest absolute Gasteiger partial charge is 0.340 e. The van der Waals surface area contributed by atoms with Gasteiger partial charge in [-0.15, -0.1) is 0 Å². The molecule has 9 heteroatoms. The van der Waals surface area contributed by atoms with Crippen LogP contribution in [0.2, 0.25) is 0 Å². The zero-order chi connectivity index (χ0) is 24.9. The van der Waals surface area contributed by atoms with Gasteiger partial charge in [0.05, 0.1) is 16.1 Å². The minimum atomic E-state index is -4.08. The molecule has 0 aliphatic heterocycles. The number of carbonyl (C=O) groups excluding carboxylic acids is 2. The number of amides is 1. The van der Waals surface area contributed by atoms with Gasteiger partial charge >= 0.3 is 5.97 Å². The van der Waals surface area contributed by atoms with Gasteiger partial charge in [0.15, 0.2) is 6.61 Å². The van der Waals surface area contributed by atoms with E-state index in [0.717, 1.165) is 29.8 Å². The van der Waals surface area contributed by atoms with Crippen molar-refractivity contribution in [2.24, 2.45) is 0 Å². The number of carbonyl (C=O) groups is 2. The Labute approximate surface area is 198 Å². The molecule has 0 atom stereocenters. The minimum absolute atomic E-state index is 0.0321. The highest BCUT2D eigenvalue weighted by molar-refractivity contribution is 7.92. The van der Waals surface area contributed by atoms with Crippen molar-refractivity contribution >= 4 is 33.3 Å². The lowest BCUT2D eigenvalue weighted by atomic mass is 9.86. The maximum absolute atomic E-state index is 13.1. The average molecular weight is 485 g/mol. The fourth-order valence-electron chi connectivity index (χ4n) is 3.21. The van der Waals surface area contributed by atoms with Crippen LogP contribution in [-0.2, 0) is 25.0 Å². The van der Waals surface area contributed by atoms with Gasteiger partial charge in [-0.05, 0) is 53.4 Å². The molecule has 2 N–H and O–H groups in total. The third kappa shape index (κ3) is 6.20. The Kier molecular flexibility index (Phi) is 7.36. The minimum Gasteiger partial charge on any atom is -0.452 e. The van der Waals surface area contributed by atoms with Gasteiger partial charge in [-0.3, -0.25) is 9.52 Å². The van der Waals surface area contributed by atoms with Gasteiger partial charge in [-0.1, -0.05) is 51.1 Å². The van der Waals surface area contributed by atoms with Crippen molar-refractivity contribution in [1.82, 2.24) is 0 Å². The van der Waals surface area contributed by atoms with E-state index >= 15 is 0 Å². The largest absolute Gasteiger partial charge is 0.452 e. The lowest BCUT2D eigenvalue weighted by Crippen LogP contribution is -2.24. The van der Waals surface area contributed by atoms with Gasteiger partial charge in [0, 0.05) is 5.69 Å². The predicted octanol–water partition coefficient (Wildman–Crippen LogP) is 4.72. The van der Waals surface area contributed by atoms with E-state index < -0.39 is 34.3 Å². The summed E-state index contributed by atoms with van der Waals surface area (Å²) in [6, 6.07) is 17.4. The van der Waals surface area contributed by atoms with E-state index in [4.69, 9.17) is 4.74 Å². The molecule has 7 nitrogen and oxygen atoms in total. The summed E-state index contributed by atoms with van der Waals surface area (Å²) >= 11 is 0. The highest BCUT2D eigenvalue weighted by atomic mass is 32.2. The number of anilines is 2. The van der Waals surface area contributed by atoms with Crippen LogP contribution in [0.1, 0.15) is 36.7 Å². The highest BCUT2D eigenvalue weighted by Gasteiger charge is 2.21. The fourth-order valence-corrected chi connectivity index (χ4v) is 4.29. The Balaban J connectivity index is 1.70. The molecule has 34 heavy (non-hydrogen) atoms. The van der Waals surface area contributed by atoms with E-state index in [1.165, 1.54) is 24.3 Å². The van der Waals surface area contributed by atoms with Gasteiger partial charge in [-0.2, -0.15) is 0 Å². The number of esters is 1. The second kappa shape index (κ2) is 10.0. The van der Waals surface area contributed by atoms with Crippen molar-refractivity contribution in [3.63, 3.8) is 0 Å². The molecule has 0 heterocycles. The molecule has 3 aromatic rings. The van der Waals surface area contributed by atoms with E-state index in [-0.39, 0.29) is 21.6 Å². The number of nitrogens with one attached hydrogen (secondary N) is 2. The van der Waals surface area contributed by atoms with Gasteiger partial charge in [0.1, 0.15) is 5.82 Å². The van der Waals surface area contributed by atoms with Gasteiger partial charge < -0.3 is 10.1 Å². The van der Waals surface area contributed by atoms with Gasteiger partial charge in [0.2, 0.25) is 0 Å². The number of hydrogen-bond donors (Lipinski definition) is 2. The van der Waals surface area contributed by atoms with Crippen LogP contribution in [0.3, 0.4) is 0 Å². The number of hydrogen-bond acceptors (Lipinski definition) is 5. The van der Waals surface area contributed by atoms with Gasteiger partial charge in [-0.25, -0.2) is 17.6 Å². The molecule has 0 aromatic heterocycles.